The second-order valence-corrected chi connectivity index (χ2v) is 5.71. The van der Waals surface area contributed by atoms with Gasteiger partial charge in [-0.15, -0.1) is 0 Å². The number of amides is 1. The third-order valence-electron chi connectivity index (χ3n) is 4.08. The Morgan fingerprint density at radius 3 is 2.83 bits per heavy atom. The van der Waals surface area contributed by atoms with Gasteiger partial charge in [0.05, 0.1) is 18.8 Å². The number of benzene rings is 2. The van der Waals surface area contributed by atoms with E-state index in [1.807, 2.05) is 61.2 Å². The summed E-state index contributed by atoms with van der Waals surface area (Å²) in [7, 11) is 0. The molecule has 1 aliphatic heterocycles. The Bertz CT molecular complexity index is 699. The maximum Gasteiger partial charge on any atom is 0.246 e. The SMILES string of the molecule is CCN(C(=O)CN1CCOc2ccccc21)c1cccc(C)c1. The predicted molar refractivity (Wildman–Crippen MR) is 93.4 cm³/mol. The summed E-state index contributed by atoms with van der Waals surface area (Å²) in [5.41, 5.74) is 3.11. The highest BCUT2D eigenvalue weighted by atomic mass is 16.5. The van der Waals surface area contributed by atoms with Crippen molar-refractivity contribution in [2.75, 3.05) is 36.0 Å². The van der Waals surface area contributed by atoms with Gasteiger partial charge in [0.1, 0.15) is 12.4 Å². The topological polar surface area (TPSA) is 32.8 Å². The quantitative estimate of drug-likeness (QED) is 0.869. The lowest BCUT2D eigenvalue weighted by atomic mass is 10.2. The van der Waals surface area contributed by atoms with Gasteiger partial charge in [0.25, 0.3) is 0 Å². The average Bonchev–Trinajstić information content (AvgIpc) is 2.56. The zero-order valence-corrected chi connectivity index (χ0v) is 13.7. The van der Waals surface area contributed by atoms with E-state index in [0.717, 1.165) is 29.2 Å². The van der Waals surface area contributed by atoms with Gasteiger partial charge in [0.15, 0.2) is 0 Å². The third kappa shape index (κ3) is 3.31. The summed E-state index contributed by atoms with van der Waals surface area (Å²) < 4.78 is 5.66. The Balaban J connectivity index is 1.78. The highest BCUT2D eigenvalue weighted by molar-refractivity contribution is 5.96. The molecule has 0 N–H and O–H groups in total. The molecule has 0 radical (unpaired) electrons. The molecule has 0 aliphatic carbocycles. The van der Waals surface area contributed by atoms with Crippen LogP contribution in [0.4, 0.5) is 11.4 Å². The molecular formula is C19H22N2O2. The van der Waals surface area contributed by atoms with Crippen molar-refractivity contribution in [3.05, 3.63) is 54.1 Å². The number of rotatable bonds is 4. The van der Waals surface area contributed by atoms with Gasteiger partial charge < -0.3 is 14.5 Å². The molecule has 1 aliphatic rings. The molecule has 4 nitrogen and oxygen atoms in total. The summed E-state index contributed by atoms with van der Waals surface area (Å²) in [4.78, 5) is 16.7. The van der Waals surface area contributed by atoms with E-state index in [-0.39, 0.29) is 5.91 Å². The maximum absolute atomic E-state index is 12.8. The van der Waals surface area contributed by atoms with Crippen LogP contribution >= 0.6 is 0 Å². The van der Waals surface area contributed by atoms with E-state index in [9.17, 15) is 4.79 Å². The van der Waals surface area contributed by atoms with Gasteiger partial charge >= 0.3 is 0 Å². The molecule has 1 heterocycles. The van der Waals surface area contributed by atoms with Crippen LogP contribution in [0.3, 0.4) is 0 Å². The average molecular weight is 310 g/mol. The fourth-order valence-electron chi connectivity index (χ4n) is 2.94. The molecule has 0 saturated heterocycles. The number of ether oxygens (including phenoxy) is 1. The van der Waals surface area contributed by atoms with Gasteiger partial charge in [-0.05, 0) is 43.7 Å². The van der Waals surface area contributed by atoms with Crippen LogP contribution < -0.4 is 14.5 Å². The normalized spacial score (nSPS) is 13.2. The van der Waals surface area contributed by atoms with Crippen molar-refractivity contribution in [3.63, 3.8) is 0 Å². The lowest BCUT2D eigenvalue weighted by Crippen LogP contribution is -2.43. The van der Waals surface area contributed by atoms with E-state index >= 15 is 0 Å². The third-order valence-corrected chi connectivity index (χ3v) is 4.08. The van der Waals surface area contributed by atoms with Crippen LogP contribution in [0.2, 0.25) is 0 Å². The molecule has 0 atom stereocenters. The van der Waals surface area contributed by atoms with Crippen LogP contribution in [0.25, 0.3) is 0 Å². The molecule has 23 heavy (non-hydrogen) atoms. The van der Waals surface area contributed by atoms with Crippen molar-refractivity contribution < 1.29 is 9.53 Å². The monoisotopic (exact) mass is 310 g/mol. The summed E-state index contributed by atoms with van der Waals surface area (Å²) in [6, 6.07) is 16.0. The molecule has 2 aromatic rings. The minimum Gasteiger partial charge on any atom is -0.490 e. The van der Waals surface area contributed by atoms with Gasteiger partial charge in [-0.2, -0.15) is 0 Å². The molecule has 0 saturated carbocycles. The fraction of sp³-hybridized carbons (Fsp3) is 0.316. The molecular weight excluding hydrogens is 288 g/mol. The maximum atomic E-state index is 12.8. The van der Waals surface area contributed by atoms with Gasteiger partial charge in [-0.3, -0.25) is 4.79 Å². The molecule has 0 aromatic heterocycles. The molecule has 0 fully saturated rings. The summed E-state index contributed by atoms with van der Waals surface area (Å²) in [5.74, 6) is 0.958. The number of fused-ring (bicyclic) bond motifs is 1. The summed E-state index contributed by atoms with van der Waals surface area (Å²) >= 11 is 0. The summed E-state index contributed by atoms with van der Waals surface area (Å²) in [6.45, 7) is 6.42. The number of nitrogens with zero attached hydrogens (tertiary/aromatic N) is 2. The van der Waals surface area contributed by atoms with Crippen molar-refractivity contribution >= 4 is 17.3 Å². The number of likely N-dealkylation sites (N-methyl/N-ethyl adjacent to an activating group) is 1. The molecule has 2 aromatic carbocycles. The number of anilines is 2. The van der Waals surface area contributed by atoms with Crippen molar-refractivity contribution in [2.24, 2.45) is 0 Å². The number of carbonyl (C=O) groups excluding carboxylic acids is 1. The Morgan fingerprint density at radius 2 is 2.04 bits per heavy atom. The number of hydrogen-bond acceptors (Lipinski definition) is 3. The van der Waals surface area contributed by atoms with E-state index in [1.165, 1.54) is 0 Å². The summed E-state index contributed by atoms with van der Waals surface area (Å²) in [5, 5.41) is 0. The Kier molecular flexibility index (Phi) is 4.51. The lowest BCUT2D eigenvalue weighted by molar-refractivity contribution is -0.117. The van der Waals surface area contributed by atoms with E-state index in [1.54, 1.807) is 0 Å². The first-order valence-corrected chi connectivity index (χ1v) is 8.03. The molecule has 0 spiro atoms. The van der Waals surface area contributed by atoms with E-state index < -0.39 is 0 Å². The zero-order chi connectivity index (χ0) is 16.2. The second kappa shape index (κ2) is 6.73. The van der Waals surface area contributed by atoms with Gasteiger partial charge in [0.2, 0.25) is 5.91 Å². The predicted octanol–water partition coefficient (Wildman–Crippen LogP) is 3.25. The van der Waals surface area contributed by atoms with Gasteiger partial charge in [0, 0.05) is 12.2 Å². The molecule has 3 rings (SSSR count). The van der Waals surface area contributed by atoms with Crippen molar-refractivity contribution in [1.29, 1.82) is 0 Å². The second-order valence-electron chi connectivity index (χ2n) is 5.71. The van der Waals surface area contributed by atoms with E-state index in [4.69, 9.17) is 4.74 Å². The van der Waals surface area contributed by atoms with Crippen LogP contribution in [0.15, 0.2) is 48.5 Å². The number of hydrogen-bond donors (Lipinski definition) is 0. The largest absolute Gasteiger partial charge is 0.490 e. The van der Waals surface area contributed by atoms with Crippen LogP contribution in [-0.4, -0.2) is 32.1 Å². The molecule has 4 heteroatoms. The Morgan fingerprint density at radius 1 is 1.22 bits per heavy atom. The minimum absolute atomic E-state index is 0.106. The Labute approximate surface area is 137 Å². The molecule has 120 valence electrons. The zero-order valence-electron chi connectivity index (χ0n) is 13.7. The van der Waals surface area contributed by atoms with Crippen LogP contribution in [0.1, 0.15) is 12.5 Å². The van der Waals surface area contributed by atoms with Crippen molar-refractivity contribution in [1.82, 2.24) is 0 Å². The first kappa shape index (κ1) is 15.4. The summed E-state index contributed by atoms with van der Waals surface area (Å²) in [6.07, 6.45) is 0. The van der Waals surface area contributed by atoms with Crippen LogP contribution in [0, 0.1) is 6.92 Å². The number of carbonyl (C=O) groups is 1. The fourth-order valence-corrected chi connectivity index (χ4v) is 2.94. The van der Waals surface area contributed by atoms with Gasteiger partial charge in [-0.1, -0.05) is 24.3 Å². The standard InChI is InChI=1S/C19H22N2O2/c1-3-21(16-8-6-7-15(2)13-16)19(22)14-20-11-12-23-18-10-5-4-9-17(18)20/h4-10,13H,3,11-12,14H2,1-2H3. The first-order valence-electron chi connectivity index (χ1n) is 8.03. The molecule has 0 unspecified atom stereocenters. The highest BCUT2D eigenvalue weighted by Gasteiger charge is 2.22. The molecule has 1 amide bonds. The van der Waals surface area contributed by atoms with Crippen LogP contribution in [-0.2, 0) is 4.79 Å². The Hall–Kier alpha value is -2.49. The highest BCUT2D eigenvalue weighted by Crippen LogP contribution is 2.31. The molecule has 0 bridgehead atoms. The minimum atomic E-state index is 0.106. The van der Waals surface area contributed by atoms with E-state index in [0.29, 0.717) is 19.7 Å². The van der Waals surface area contributed by atoms with Crippen molar-refractivity contribution in [3.8, 4) is 5.75 Å². The van der Waals surface area contributed by atoms with Gasteiger partial charge in [-0.25, -0.2) is 0 Å². The first-order chi connectivity index (χ1) is 11.2. The smallest absolute Gasteiger partial charge is 0.246 e. The van der Waals surface area contributed by atoms with E-state index in [2.05, 4.69) is 11.0 Å². The van der Waals surface area contributed by atoms with Crippen LogP contribution in [0.5, 0.6) is 5.75 Å². The van der Waals surface area contributed by atoms with Crippen molar-refractivity contribution in [2.45, 2.75) is 13.8 Å². The number of para-hydroxylation sites is 2. The lowest BCUT2D eigenvalue weighted by Gasteiger charge is -2.32. The number of aryl methyl sites for hydroxylation is 1.